The van der Waals surface area contributed by atoms with E-state index in [2.05, 4.69) is 83.4 Å². The molecule has 0 fully saturated rings. The summed E-state index contributed by atoms with van der Waals surface area (Å²) in [7, 11) is 0. The summed E-state index contributed by atoms with van der Waals surface area (Å²) in [6, 6.07) is 25.7. The first-order valence-electron chi connectivity index (χ1n) is 10.1. The highest BCUT2D eigenvalue weighted by Gasteiger charge is 2.08. The Morgan fingerprint density at radius 2 is 1.04 bits per heavy atom. The molecule has 3 aromatic rings. The zero-order valence-electron chi connectivity index (χ0n) is 15.9. The molecule has 0 spiro atoms. The lowest BCUT2D eigenvalue weighted by molar-refractivity contribution is 0.765. The number of fused-ring (bicyclic) bond motifs is 3. The van der Waals surface area contributed by atoms with Crippen molar-refractivity contribution in [1.29, 1.82) is 0 Å². The van der Waals surface area contributed by atoms with E-state index in [0.717, 1.165) is 19.6 Å². The first-order chi connectivity index (χ1) is 13.4. The lowest BCUT2D eigenvalue weighted by Gasteiger charge is -1.94. The van der Waals surface area contributed by atoms with Gasteiger partial charge in [-0.05, 0) is 59.6 Å². The zero-order chi connectivity index (χ0) is 18.3. The lowest BCUT2D eigenvalue weighted by Crippen LogP contribution is -1.99. The van der Waals surface area contributed by atoms with Crippen LogP contribution < -0.4 is 10.6 Å². The van der Waals surface area contributed by atoms with E-state index in [-0.39, 0.29) is 0 Å². The molecule has 6 rings (SSSR count). The maximum atomic E-state index is 3.30. The minimum absolute atomic E-state index is 1.05. The first-order valence-corrected chi connectivity index (χ1v) is 10.1. The molecule has 3 aromatic carbocycles. The predicted molar refractivity (Wildman–Crippen MR) is 114 cm³/mol. The molecule has 3 aliphatic rings. The van der Waals surface area contributed by atoms with Gasteiger partial charge in [0, 0.05) is 25.3 Å². The average Bonchev–Trinajstić information content (AvgIpc) is 3.48. The Kier molecular flexibility index (Phi) is 5.86. The summed E-state index contributed by atoms with van der Waals surface area (Å²) in [5.74, 6) is 0. The monoisotopic (exact) mass is 356 g/mol. The van der Waals surface area contributed by atoms with Crippen LogP contribution in [-0.2, 0) is 32.4 Å². The Morgan fingerprint density at radius 1 is 0.519 bits per heavy atom. The molecule has 138 valence electrons. The Balaban J connectivity index is 0.0000001000. The highest BCUT2D eigenvalue weighted by molar-refractivity contribution is 5.54. The van der Waals surface area contributed by atoms with Gasteiger partial charge in [-0.25, -0.2) is 0 Å². The van der Waals surface area contributed by atoms with E-state index in [9.17, 15) is 0 Å². The molecule has 0 atom stereocenters. The maximum absolute atomic E-state index is 3.30. The fraction of sp³-hybridized carbons (Fsp3) is 0.280. The molecule has 27 heavy (non-hydrogen) atoms. The highest BCUT2D eigenvalue weighted by atomic mass is 14.9. The molecular weight excluding hydrogens is 328 g/mol. The third-order valence-corrected chi connectivity index (χ3v) is 5.49. The number of nitrogens with one attached hydrogen (secondary N) is 2. The normalized spacial score (nSPS) is 15.3. The Labute approximate surface area is 162 Å². The van der Waals surface area contributed by atoms with Crippen LogP contribution in [-0.4, -0.2) is 6.54 Å². The summed E-state index contributed by atoms with van der Waals surface area (Å²) in [6.07, 6.45) is 5.15. The van der Waals surface area contributed by atoms with E-state index in [1.54, 1.807) is 11.1 Å². The van der Waals surface area contributed by atoms with Crippen molar-refractivity contribution in [3.63, 3.8) is 0 Å². The zero-order valence-corrected chi connectivity index (χ0v) is 15.9. The van der Waals surface area contributed by atoms with Gasteiger partial charge in [0.25, 0.3) is 0 Å². The van der Waals surface area contributed by atoms with Gasteiger partial charge in [-0.2, -0.15) is 0 Å². The molecule has 2 nitrogen and oxygen atoms in total. The molecule has 2 N–H and O–H groups in total. The van der Waals surface area contributed by atoms with Crippen molar-refractivity contribution in [2.45, 2.75) is 38.8 Å². The molecule has 0 aromatic heterocycles. The maximum Gasteiger partial charge on any atom is 0.0373 e. The second kappa shape index (κ2) is 8.88. The summed E-state index contributed by atoms with van der Waals surface area (Å²) in [5.41, 5.74) is 8.82. The van der Waals surface area contributed by atoms with Gasteiger partial charge >= 0.3 is 0 Å². The number of hydrogen-bond donors (Lipinski definition) is 2. The summed E-state index contributed by atoms with van der Waals surface area (Å²) < 4.78 is 0. The van der Waals surface area contributed by atoms with Crippen LogP contribution in [0.5, 0.6) is 0 Å². The van der Waals surface area contributed by atoms with Gasteiger partial charge in [-0.3, -0.25) is 0 Å². The van der Waals surface area contributed by atoms with Gasteiger partial charge in [0.15, 0.2) is 0 Å². The van der Waals surface area contributed by atoms with Crippen molar-refractivity contribution in [1.82, 2.24) is 5.32 Å². The molecule has 2 heterocycles. The second-order valence-corrected chi connectivity index (χ2v) is 7.33. The Bertz CT molecular complexity index is 698. The van der Waals surface area contributed by atoms with Crippen molar-refractivity contribution < 1.29 is 0 Å². The van der Waals surface area contributed by atoms with E-state index in [0.29, 0.717) is 0 Å². The SMILES string of the molecule is c1ccc2c(c1)CCC2.c1ccc2c(c1)CCN2.c1ccc2c(c1)CNC2. The summed E-state index contributed by atoms with van der Waals surface area (Å²) in [6.45, 7) is 3.21. The Hall–Kier alpha value is -2.58. The van der Waals surface area contributed by atoms with E-state index < -0.39 is 0 Å². The number of para-hydroxylation sites is 1. The van der Waals surface area contributed by atoms with Crippen LogP contribution in [0.15, 0.2) is 72.8 Å². The van der Waals surface area contributed by atoms with Gasteiger partial charge in [-0.1, -0.05) is 66.7 Å². The number of benzene rings is 3. The van der Waals surface area contributed by atoms with Crippen LogP contribution in [0, 0.1) is 0 Å². The first kappa shape index (κ1) is 17.8. The van der Waals surface area contributed by atoms with E-state index in [1.807, 2.05) is 0 Å². The number of hydrogen-bond acceptors (Lipinski definition) is 2. The summed E-state index contributed by atoms with van der Waals surface area (Å²) in [5, 5.41) is 6.59. The topological polar surface area (TPSA) is 24.1 Å². The Morgan fingerprint density at radius 3 is 1.63 bits per heavy atom. The van der Waals surface area contributed by atoms with Crippen molar-refractivity contribution >= 4 is 5.69 Å². The largest absolute Gasteiger partial charge is 0.384 e. The molecule has 2 heteroatoms. The smallest absolute Gasteiger partial charge is 0.0373 e. The van der Waals surface area contributed by atoms with Crippen LogP contribution in [0.4, 0.5) is 5.69 Å². The van der Waals surface area contributed by atoms with Crippen LogP contribution in [0.3, 0.4) is 0 Å². The second-order valence-electron chi connectivity index (χ2n) is 7.33. The number of anilines is 1. The summed E-state index contributed by atoms with van der Waals surface area (Å²) in [4.78, 5) is 0. The van der Waals surface area contributed by atoms with E-state index >= 15 is 0 Å². The third-order valence-electron chi connectivity index (χ3n) is 5.49. The molecule has 0 unspecified atom stereocenters. The molecule has 0 saturated carbocycles. The van der Waals surface area contributed by atoms with E-state index in [1.165, 1.54) is 48.1 Å². The van der Waals surface area contributed by atoms with E-state index in [4.69, 9.17) is 0 Å². The highest BCUT2D eigenvalue weighted by Crippen LogP contribution is 2.20. The molecule has 0 saturated heterocycles. The fourth-order valence-corrected chi connectivity index (χ4v) is 3.99. The molecule has 0 radical (unpaired) electrons. The van der Waals surface area contributed by atoms with Crippen LogP contribution in [0.2, 0.25) is 0 Å². The molecule has 0 amide bonds. The summed E-state index contributed by atoms with van der Waals surface area (Å²) >= 11 is 0. The number of rotatable bonds is 0. The quantitative estimate of drug-likeness (QED) is 0.584. The van der Waals surface area contributed by atoms with Crippen LogP contribution in [0.1, 0.15) is 34.2 Å². The molecule has 1 aliphatic carbocycles. The van der Waals surface area contributed by atoms with Gasteiger partial charge < -0.3 is 10.6 Å². The minimum atomic E-state index is 1.05. The van der Waals surface area contributed by atoms with Crippen LogP contribution in [0.25, 0.3) is 0 Å². The van der Waals surface area contributed by atoms with Crippen molar-refractivity contribution in [3.8, 4) is 0 Å². The predicted octanol–water partition coefficient (Wildman–Crippen LogP) is 5.12. The van der Waals surface area contributed by atoms with Gasteiger partial charge in [-0.15, -0.1) is 0 Å². The van der Waals surface area contributed by atoms with Gasteiger partial charge in [0.2, 0.25) is 0 Å². The average molecular weight is 357 g/mol. The fourth-order valence-electron chi connectivity index (χ4n) is 3.99. The van der Waals surface area contributed by atoms with Crippen LogP contribution >= 0.6 is 0 Å². The molecular formula is C25H28N2. The number of aryl methyl sites for hydroxylation is 2. The molecule has 0 bridgehead atoms. The minimum Gasteiger partial charge on any atom is -0.384 e. The van der Waals surface area contributed by atoms with Crippen molar-refractivity contribution in [2.24, 2.45) is 0 Å². The van der Waals surface area contributed by atoms with Gasteiger partial charge in [0.05, 0.1) is 0 Å². The lowest BCUT2D eigenvalue weighted by atomic mass is 10.1. The van der Waals surface area contributed by atoms with Gasteiger partial charge in [0.1, 0.15) is 0 Å². The van der Waals surface area contributed by atoms with Crippen molar-refractivity contribution in [3.05, 3.63) is 101 Å². The van der Waals surface area contributed by atoms with Crippen molar-refractivity contribution in [2.75, 3.05) is 11.9 Å². The third kappa shape index (κ3) is 4.58. The standard InChI is InChI=1S/C9H10.2C8H9N/c1-2-5-9-7-3-6-8(9)4-1;1-2-4-8-6-9-5-7(8)3-1;1-2-4-8-7(3-1)5-6-9-8/h1-2,4-5H,3,6-7H2;2*1-4,9H,5-6H2. The molecule has 2 aliphatic heterocycles.